The first-order valence-corrected chi connectivity index (χ1v) is 11.0. The van der Waals surface area contributed by atoms with E-state index in [1.165, 1.54) is 4.90 Å². The molecule has 1 aromatic carbocycles. The molecule has 3 amide bonds. The highest BCUT2D eigenvalue weighted by Gasteiger charge is 2.34. The van der Waals surface area contributed by atoms with Gasteiger partial charge in [0.15, 0.2) is 0 Å². The predicted molar refractivity (Wildman–Crippen MR) is 119 cm³/mol. The molecule has 2 rings (SSSR count). The summed E-state index contributed by atoms with van der Waals surface area (Å²) >= 11 is 0. The zero-order valence-corrected chi connectivity index (χ0v) is 19.0. The van der Waals surface area contributed by atoms with Crippen LogP contribution in [0.1, 0.15) is 63.7 Å². The number of nitrogens with one attached hydrogen (secondary N) is 2. The third-order valence-electron chi connectivity index (χ3n) is 4.78. The van der Waals surface area contributed by atoms with Crippen LogP contribution in [-0.4, -0.2) is 60.8 Å². The number of likely N-dealkylation sites (tertiary alicyclic amines) is 1. The van der Waals surface area contributed by atoms with Crippen molar-refractivity contribution in [2.75, 3.05) is 31.6 Å². The number of ether oxygens (including phenoxy) is 2. The summed E-state index contributed by atoms with van der Waals surface area (Å²) in [4.78, 5) is 39.3. The molecular formula is C23H35N3O5. The lowest BCUT2D eigenvalue weighted by atomic mass is 10.0. The first-order chi connectivity index (χ1) is 14.7. The number of carbonyl (C=O) groups excluding carboxylic acids is 3. The summed E-state index contributed by atoms with van der Waals surface area (Å²) in [6.45, 7) is 9.59. The van der Waals surface area contributed by atoms with Crippen LogP contribution in [0.25, 0.3) is 0 Å². The van der Waals surface area contributed by atoms with Gasteiger partial charge in [-0.05, 0) is 71.6 Å². The molecule has 1 fully saturated rings. The van der Waals surface area contributed by atoms with Gasteiger partial charge in [0.2, 0.25) is 5.91 Å². The van der Waals surface area contributed by atoms with Crippen LogP contribution in [0.5, 0.6) is 0 Å². The number of hydrogen-bond acceptors (Lipinski definition) is 5. The fraction of sp³-hybridized carbons (Fsp3) is 0.609. The van der Waals surface area contributed by atoms with Gasteiger partial charge in [-0.15, -0.1) is 0 Å². The van der Waals surface area contributed by atoms with Crippen LogP contribution >= 0.6 is 0 Å². The predicted octanol–water partition coefficient (Wildman–Crippen LogP) is 3.57. The Balaban J connectivity index is 1.98. The molecule has 1 aromatic rings. The van der Waals surface area contributed by atoms with Gasteiger partial charge in [-0.25, -0.2) is 4.79 Å². The van der Waals surface area contributed by atoms with E-state index in [-0.39, 0.29) is 11.8 Å². The Morgan fingerprint density at radius 3 is 2.68 bits per heavy atom. The van der Waals surface area contributed by atoms with Gasteiger partial charge in [0.1, 0.15) is 11.6 Å². The van der Waals surface area contributed by atoms with Gasteiger partial charge in [0.05, 0.1) is 0 Å². The summed E-state index contributed by atoms with van der Waals surface area (Å²) in [7, 11) is 0. The monoisotopic (exact) mass is 433 g/mol. The summed E-state index contributed by atoms with van der Waals surface area (Å²) in [5.41, 5.74) is 0.350. The second-order valence-electron chi connectivity index (χ2n) is 8.56. The molecular weight excluding hydrogens is 398 g/mol. The first kappa shape index (κ1) is 24.7. The van der Waals surface area contributed by atoms with E-state index in [1.54, 1.807) is 45.0 Å². The van der Waals surface area contributed by atoms with Gasteiger partial charge in [0.25, 0.3) is 5.91 Å². The molecule has 0 bridgehead atoms. The van der Waals surface area contributed by atoms with E-state index < -0.39 is 17.7 Å². The lowest BCUT2D eigenvalue weighted by Crippen LogP contribution is -2.51. The number of piperidine rings is 1. The smallest absolute Gasteiger partial charge is 0.410 e. The third kappa shape index (κ3) is 8.20. The van der Waals surface area contributed by atoms with Crippen LogP contribution in [0, 0.1) is 0 Å². The summed E-state index contributed by atoms with van der Waals surface area (Å²) in [6.07, 6.45) is 2.53. The summed E-state index contributed by atoms with van der Waals surface area (Å²) in [5, 5.41) is 5.69. The quantitative estimate of drug-likeness (QED) is 0.611. The van der Waals surface area contributed by atoms with Gasteiger partial charge in [-0.3, -0.25) is 14.5 Å². The average Bonchev–Trinajstić information content (AvgIpc) is 2.72. The van der Waals surface area contributed by atoms with Crippen molar-refractivity contribution >= 4 is 23.6 Å². The zero-order chi connectivity index (χ0) is 22.9. The molecule has 0 radical (unpaired) electrons. The van der Waals surface area contributed by atoms with E-state index in [4.69, 9.17) is 9.47 Å². The molecule has 1 atom stereocenters. The standard InChI is InChI=1S/C23H35N3O5/c1-5-30-15-9-13-24-20(27)17-10-8-11-18(16-17)25-21(28)19-12-6-7-14-26(19)22(29)31-23(2,3)4/h8,10-11,16,19H,5-7,9,12-15H2,1-4H3,(H,24,27)(H,25,28). The molecule has 172 valence electrons. The molecule has 0 spiro atoms. The minimum Gasteiger partial charge on any atom is -0.444 e. The highest BCUT2D eigenvalue weighted by atomic mass is 16.6. The number of hydrogen-bond donors (Lipinski definition) is 2. The van der Waals surface area contributed by atoms with Crippen LogP contribution in [0.2, 0.25) is 0 Å². The highest BCUT2D eigenvalue weighted by Crippen LogP contribution is 2.22. The Kier molecular flexibility index (Phi) is 9.30. The molecule has 8 heteroatoms. The third-order valence-corrected chi connectivity index (χ3v) is 4.78. The van der Waals surface area contributed by atoms with E-state index >= 15 is 0 Å². The van der Waals surface area contributed by atoms with E-state index in [0.29, 0.717) is 44.0 Å². The second kappa shape index (κ2) is 11.7. The van der Waals surface area contributed by atoms with Gasteiger partial charge >= 0.3 is 6.09 Å². The van der Waals surface area contributed by atoms with E-state index in [9.17, 15) is 14.4 Å². The van der Waals surface area contributed by atoms with Gasteiger partial charge in [-0.2, -0.15) is 0 Å². The van der Waals surface area contributed by atoms with Crippen LogP contribution in [-0.2, 0) is 14.3 Å². The fourth-order valence-electron chi connectivity index (χ4n) is 3.33. The molecule has 1 aliphatic rings. The van der Waals surface area contributed by atoms with Crippen molar-refractivity contribution in [3.63, 3.8) is 0 Å². The molecule has 2 N–H and O–H groups in total. The van der Waals surface area contributed by atoms with Crippen molar-refractivity contribution in [2.45, 2.75) is 65.0 Å². The molecule has 1 saturated heterocycles. The summed E-state index contributed by atoms with van der Waals surface area (Å²) in [6, 6.07) is 6.18. The molecule has 1 aliphatic heterocycles. The summed E-state index contributed by atoms with van der Waals surface area (Å²) in [5.74, 6) is -0.486. The number of anilines is 1. The first-order valence-electron chi connectivity index (χ1n) is 11.0. The van der Waals surface area contributed by atoms with E-state index in [1.807, 2.05) is 6.92 Å². The zero-order valence-electron chi connectivity index (χ0n) is 19.0. The highest BCUT2D eigenvalue weighted by molar-refractivity contribution is 5.99. The largest absolute Gasteiger partial charge is 0.444 e. The minimum atomic E-state index is -0.625. The molecule has 8 nitrogen and oxygen atoms in total. The van der Waals surface area contributed by atoms with Crippen LogP contribution in [0.15, 0.2) is 24.3 Å². The van der Waals surface area contributed by atoms with E-state index in [2.05, 4.69) is 10.6 Å². The lowest BCUT2D eigenvalue weighted by Gasteiger charge is -2.35. The van der Waals surface area contributed by atoms with Crippen molar-refractivity contribution in [1.29, 1.82) is 0 Å². The number of carbonyl (C=O) groups is 3. The summed E-state index contributed by atoms with van der Waals surface area (Å²) < 4.78 is 10.7. The number of amides is 3. The van der Waals surface area contributed by atoms with Gasteiger partial charge in [-0.1, -0.05) is 6.07 Å². The Hall–Kier alpha value is -2.61. The molecule has 0 saturated carbocycles. The van der Waals surface area contributed by atoms with Crippen LogP contribution in [0.4, 0.5) is 10.5 Å². The second-order valence-corrected chi connectivity index (χ2v) is 8.56. The molecule has 0 aliphatic carbocycles. The Morgan fingerprint density at radius 1 is 1.19 bits per heavy atom. The van der Waals surface area contributed by atoms with E-state index in [0.717, 1.165) is 19.3 Å². The van der Waals surface area contributed by atoms with Crippen molar-refractivity contribution in [2.24, 2.45) is 0 Å². The minimum absolute atomic E-state index is 0.208. The van der Waals surface area contributed by atoms with Crippen LogP contribution < -0.4 is 10.6 Å². The van der Waals surface area contributed by atoms with Gasteiger partial charge < -0.3 is 20.1 Å². The molecule has 1 unspecified atom stereocenters. The van der Waals surface area contributed by atoms with Crippen molar-refractivity contribution in [1.82, 2.24) is 10.2 Å². The Bertz CT molecular complexity index is 760. The number of nitrogens with zero attached hydrogens (tertiary/aromatic N) is 1. The topological polar surface area (TPSA) is 97.0 Å². The Morgan fingerprint density at radius 2 is 1.97 bits per heavy atom. The lowest BCUT2D eigenvalue weighted by molar-refractivity contribution is -0.122. The maximum Gasteiger partial charge on any atom is 0.410 e. The molecule has 1 heterocycles. The maximum atomic E-state index is 12.9. The average molecular weight is 434 g/mol. The fourth-order valence-corrected chi connectivity index (χ4v) is 3.33. The molecule has 0 aromatic heterocycles. The number of rotatable bonds is 8. The van der Waals surface area contributed by atoms with Crippen LogP contribution in [0.3, 0.4) is 0 Å². The van der Waals surface area contributed by atoms with Crippen molar-refractivity contribution < 1.29 is 23.9 Å². The maximum absolute atomic E-state index is 12.9. The van der Waals surface area contributed by atoms with Crippen molar-refractivity contribution in [3.05, 3.63) is 29.8 Å². The number of benzene rings is 1. The van der Waals surface area contributed by atoms with Crippen molar-refractivity contribution in [3.8, 4) is 0 Å². The Labute approximate surface area is 184 Å². The molecule has 31 heavy (non-hydrogen) atoms. The normalized spacial score (nSPS) is 16.5. The van der Waals surface area contributed by atoms with Gasteiger partial charge in [0, 0.05) is 37.6 Å². The SMILES string of the molecule is CCOCCCNC(=O)c1cccc(NC(=O)C2CCCCN2C(=O)OC(C)(C)C)c1.